The molecule has 2 heterocycles. The van der Waals surface area contributed by atoms with E-state index in [0.717, 1.165) is 18.7 Å². The van der Waals surface area contributed by atoms with Crippen LogP contribution in [-0.2, 0) is 11.3 Å². The molecule has 0 saturated carbocycles. The second-order valence-electron chi connectivity index (χ2n) is 6.38. The minimum absolute atomic E-state index is 0.0921. The van der Waals surface area contributed by atoms with Crippen LogP contribution in [0.3, 0.4) is 0 Å². The summed E-state index contributed by atoms with van der Waals surface area (Å²) in [7, 11) is 0. The van der Waals surface area contributed by atoms with Crippen LogP contribution in [0, 0.1) is 6.92 Å². The molecule has 0 amide bonds. The molecule has 0 radical (unpaired) electrons. The standard InChI is InChI=1S/C20H21N3O2/c1-15-7-9-17(10-8-15)20-21-19(25-22-20)14-23-11-12-24-18(13-23)16-5-3-2-4-6-16/h2-10,18H,11-14H2,1H3. The van der Waals surface area contributed by atoms with Gasteiger partial charge in [0.05, 0.1) is 19.3 Å². The Morgan fingerprint density at radius 2 is 1.88 bits per heavy atom. The van der Waals surface area contributed by atoms with Gasteiger partial charge in [-0.1, -0.05) is 65.3 Å². The molecular weight excluding hydrogens is 314 g/mol. The number of hydrogen-bond acceptors (Lipinski definition) is 5. The average molecular weight is 335 g/mol. The fourth-order valence-electron chi connectivity index (χ4n) is 3.05. The summed E-state index contributed by atoms with van der Waals surface area (Å²) >= 11 is 0. The maximum Gasteiger partial charge on any atom is 0.241 e. The first-order valence-electron chi connectivity index (χ1n) is 8.56. The molecule has 1 aliphatic rings. The van der Waals surface area contributed by atoms with Gasteiger partial charge in [0, 0.05) is 18.7 Å². The summed E-state index contributed by atoms with van der Waals surface area (Å²) in [5.41, 5.74) is 3.40. The molecule has 5 heteroatoms. The molecular formula is C20H21N3O2. The van der Waals surface area contributed by atoms with Gasteiger partial charge in [-0.2, -0.15) is 4.98 Å². The van der Waals surface area contributed by atoms with E-state index >= 15 is 0 Å². The Labute approximate surface area is 147 Å². The zero-order valence-electron chi connectivity index (χ0n) is 14.3. The van der Waals surface area contributed by atoms with E-state index in [1.54, 1.807) is 0 Å². The van der Waals surface area contributed by atoms with Gasteiger partial charge in [-0.05, 0) is 12.5 Å². The lowest BCUT2D eigenvalue weighted by atomic mass is 10.1. The predicted octanol–water partition coefficient (Wildman–Crippen LogP) is 3.62. The number of benzene rings is 2. The Morgan fingerprint density at radius 1 is 1.08 bits per heavy atom. The predicted molar refractivity (Wildman–Crippen MR) is 94.9 cm³/mol. The van der Waals surface area contributed by atoms with Crippen molar-refractivity contribution in [3.05, 3.63) is 71.6 Å². The Balaban J connectivity index is 1.43. The van der Waals surface area contributed by atoms with E-state index in [2.05, 4.69) is 46.2 Å². The summed E-state index contributed by atoms with van der Waals surface area (Å²) in [6.45, 7) is 5.11. The van der Waals surface area contributed by atoms with Gasteiger partial charge in [-0.15, -0.1) is 0 Å². The summed E-state index contributed by atoms with van der Waals surface area (Å²) in [6, 6.07) is 18.5. The number of hydrogen-bond donors (Lipinski definition) is 0. The van der Waals surface area contributed by atoms with Crippen molar-refractivity contribution in [3.63, 3.8) is 0 Å². The summed E-state index contributed by atoms with van der Waals surface area (Å²) in [5.74, 6) is 1.28. The Morgan fingerprint density at radius 3 is 2.68 bits per heavy atom. The summed E-state index contributed by atoms with van der Waals surface area (Å²) in [6.07, 6.45) is 0.0921. The molecule has 1 saturated heterocycles. The first-order chi connectivity index (χ1) is 12.3. The second-order valence-corrected chi connectivity index (χ2v) is 6.38. The van der Waals surface area contributed by atoms with Gasteiger partial charge in [0.1, 0.15) is 0 Å². The van der Waals surface area contributed by atoms with Gasteiger partial charge in [0.25, 0.3) is 0 Å². The molecule has 0 bridgehead atoms. The zero-order chi connectivity index (χ0) is 17.1. The van der Waals surface area contributed by atoms with Crippen molar-refractivity contribution in [2.45, 2.75) is 19.6 Å². The second kappa shape index (κ2) is 7.17. The lowest BCUT2D eigenvalue weighted by Gasteiger charge is -2.32. The van der Waals surface area contributed by atoms with E-state index in [1.807, 2.05) is 30.3 Å². The smallest absolute Gasteiger partial charge is 0.241 e. The zero-order valence-corrected chi connectivity index (χ0v) is 14.3. The molecule has 1 fully saturated rings. The third-order valence-electron chi connectivity index (χ3n) is 4.46. The van der Waals surface area contributed by atoms with Crippen LogP contribution in [0.5, 0.6) is 0 Å². The van der Waals surface area contributed by atoms with Crippen LogP contribution < -0.4 is 0 Å². The number of morpholine rings is 1. The first kappa shape index (κ1) is 16.0. The molecule has 25 heavy (non-hydrogen) atoms. The van der Waals surface area contributed by atoms with Crippen molar-refractivity contribution in [1.29, 1.82) is 0 Å². The quantitative estimate of drug-likeness (QED) is 0.729. The van der Waals surface area contributed by atoms with E-state index in [0.29, 0.717) is 24.9 Å². The molecule has 0 N–H and O–H groups in total. The highest BCUT2D eigenvalue weighted by molar-refractivity contribution is 5.54. The Kier molecular flexibility index (Phi) is 4.59. The molecule has 128 valence electrons. The Hall–Kier alpha value is -2.50. The molecule has 1 atom stereocenters. The van der Waals surface area contributed by atoms with Crippen LogP contribution in [0.15, 0.2) is 59.1 Å². The molecule has 5 nitrogen and oxygen atoms in total. The number of aromatic nitrogens is 2. The van der Waals surface area contributed by atoms with Gasteiger partial charge in [0.15, 0.2) is 0 Å². The van der Waals surface area contributed by atoms with E-state index in [9.17, 15) is 0 Å². The molecule has 0 aliphatic carbocycles. The molecule has 2 aromatic carbocycles. The van der Waals surface area contributed by atoms with Crippen molar-refractivity contribution in [1.82, 2.24) is 15.0 Å². The lowest BCUT2D eigenvalue weighted by molar-refractivity contribution is -0.0355. The van der Waals surface area contributed by atoms with Gasteiger partial charge >= 0.3 is 0 Å². The van der Waals surface area contributed by atoms with E-state index in [4.69, 9.17) is 9.26 Å². The minimum Gasteiger partial charge on any atom is -0.371 e. The van der Waals surface area contributed by atoms with Crippen LogP contribution in [0.2, 0.25) is 0 Å². The summed E-state index contributed by atoms with van der Waals surface area (Å²) in [4.78, 5) is 6.84. The van der Waals surface area contributed by atoms with Crippen molar-refractivity contribution < 1.29 is 9.26 Å². The minimum atomic E-state index is 0.0921. The number of nitrogens with zero attached hydrogens (tertiary/aromatic N) is 3. The summed E-state index contributed by atoms with van der Waals surface area (Å²) in [5, 5.41) is 4.11. The van der Waals surface area contributed by atoms with E-state index in [1.165, 1.54) is 11.1 Å². The fourth-order valence-corrected chi connectivity index (χ4v) is 3.05. The maximum atomic E-state index is 5.91. The largest absolute Gasteiger partial charge is 0.371 e. The average Bonchev–Trinajstić information content (AvgIpc) is 3.12. The van der Waals surface area contributed by atoms with Crippen molar-refractivity contribution in [2.24, 2.45) is 0 Å². The van der Waals surface area contributed by atoms with Crippen LogP contribution in [-0.4, -0.2) is 34.7 Å². The molecule has 1 aromatic heterocycles. The molecule has 1 aliphatic heterocycles. The highest BCUT2D eigenvalue weighted by Gasteiger charge is 2.23. The third kappa shape index (κ3) is 3.78. The topological polar surface area (TPSA) is 51.4 Å². The molecule has 3 aromatic rings. The first-order valence-corrected chi connectivity index (χ1v) is 8.56. The SMILES string of the molecule is Cc1ccc(-c2noc(CN3CCOC(c4ccccc4)C3)n2)cc1. The van der Waals surface area contributed by atoms with E-state index in [-0.39, 0.29) is 6.10 Å². The lowest BCUT2D eigenvalue weighted by Crippen LogP contribution is -2.37. The normalized spacial score (nSPS) is 18.4. The third-order valence-corrected chi connectivity index (χ3v) is 4.46. The van der Waals surface area contributed by atoms with Crippen LogP contribution in [0.1, 0.15) is 23.1 Å². The maximum absolute atomic E-state index is 5.91. The van der Waals surface area contributed by atoms with Gasteiger partial charge < -0.3 is 9.26 Å². The highest BCUT2D eigenvalue weighted by Crippen LogP contribution is 2.23. The number of ether oxygens (including phenoxy) is 1. The van der Waals surface area contributed by atoms with Crippen LogP contribution in [0.25, 0.3) is 11.4 Å². The number of rotatable bonds is 4. The van der Waals surface area contributed by atoms with Crippen LogP contribution >= 0.6 is 0 Å². The van der Waals surface area contributed by atoms with Gasteiger partial charge in [-0.25, -0.2) is 0 Å². The summed E-state index contributed by atoms with van der Waals surface area (Å²) < 4.78 is 11.4. The number of aryl methyl sites for hydroxylation is 1. The fraction of sp³-hybridized carbons (Fsp3) is 0.300. The van der Waals surface area contributed by atoms with E-state index < -0.39 is 0 Å². The van der Waals surface area contributed by atoms with Gasteiger partial charge in [0.2, 0.25) is 11.7 Å². The van der Waals surface area contributed by atoms with Crippen molar-refractivity contribution >= 4 is 0 Å². The van der Waals surface area contributed by atoms with Crippen molar-refractivity contribution in [2.75, 3.05) is 19.7 Å². The van der Waals surface area contributed by atoms with Crippen LogP contribution in [0.4, 0.5) is 0 Å². The molecule has 4 rings (SSSR count). The monoisotopic (exact) mass is 335 g/mol. The molecule has 1 unspecified atom stereocenters. The van der Waals surface area contributed by atoms with Gasteiger partial charge in [-0.3, -0.25) is 4.90 Å². The van der Waals surface area contributed by atoms with Crippen molar-refractivity contribution in [3.8, 4) is 11.4 Å². The highest BCUT2D eigenvalue weighted by atomic mass is 16.5. The molecule has 0 spiro atoms. The Bertz CT molecular complexity index is 814.